The van der Waals surface area contributed by atoms with E-state index in [9.17, 15) is 0 Å². The second kappa shape index (κ2) is 3.25. The molecule has 1 aliphatic rings. The molecule has 0 aromatic heterocycles. The van der Waals surface area contributed by atoms with Gasteiger partial charge in [0.1, 0.15) is 0 Å². The molecule has 2 nitrogen and oxygen atoms in total. The van der Waals surface area contributed by atoms with Gasteiger partial charge in [0.05, 0.1) is 6.61 Å². The van der Waals surface area contributed by atoms with E-state index in [-0.39, 0.29) is 0 Å². The average Bonchev–Trinajstić information content (AvgIpc) is 2.58. The topological polar surface area (TPSA) is 21.3 Å². The minimum absolute atomic E-state index is 0.533. The van der Waals surface area contributed by atoms with Crippen molar-refractivity contribution >= 4 is 0 Å². The Balaban J connectivity index is 2.17. The maximum absolute atomic E-state index is 5.09. The van der Waals surface area contributed by atoms with Crippen molar-refractivity contribution in [3.63, 3.8) is 0 Å². The first-order chi connectivity index (χ1) is 5.86. The first-order valence-corrected chi connectivity index (χ1v) is 4.27. The van der Waals surface area contributed by atoms with E-state index in [1.54, 1.807) is 0 Å². The van der Waals surface area contributed by atoms with E-state index in [4.69, 9.17) is 4.84 Å². The van der Waals surface area contributed by atoms with Gasteiger partial charge in [-0.05, 0) is 12.5 Å². The Hall–Kier alpha value is -0.860. The lowest BCUT2D eigenvalue weighted by Crippen LogP contribution is -2.06. The second-order valence-electron chi connectivity index (χ2n) is 3.27. The molecule has 1 N–H and O–H groups in total. The molecule has 1 heterocycles. The summed E-state index contributed by atoms with van der Waals surface area (Å²) in [6.45, 7) is 3.83. The number of hydroxylamine groups is 1. The Bertz CT molecular complexity index is 249. The third-order valence-corrected chi connectivity index (χ3v) is 2.27. The van der Waals surface area contributed by atoms with E-state index in [0.717, 1.165) is 13.2 Å². The zero-order chi connectivity index (χ0) is 8.39. The van der Waals surface area contributed by atoms with Gasteiger partial charge < -0.3 is 4.84 Å². The molecule has 2 rings (SSSR count). The second-order valence-corrected chi connectivity index (χ2v) is 3.27. The minimum atomic E-state index is 0.533. The monoisotopic (exact) mass is 163 g/mol. The smallest absolute Gasteiger partial charge is 0.0763 e. The third kappa shape index (κ3) is 1.49. The molecule has 1 saturated heterocycles. The van der Waals surface area contributed by atoms with Crippen molar-refractivity contribution in [3.8, 4) is 0 Å². The van der Waals surface area contributed by atoms with E-state index >= 15 is 0 Å². The fraction of sp³-hybridized carbons (Fsp3) is 0.400. The highest BCUT2D eigenvalue weighted by Crippen LogP contribution is 2.18. The van der Waals surface area contributed by atoms with Crippen LogP contribution >= 0.6 is 0 Å². The van der Waals surface area contributed by atoms with Gasteiger partial charge in [0, 0.05) is 12.5 Å². The van der Waals surface area contributed by atoms with Gasteiger partial charge in [0.15, 0.2) is 0 Å². The van der Waals surface area contributed by atoms with Gasteiger partial charge in [-0.15, -0.1) is 0 Å². The molecule has 64 valence electrons. The highest BCUT2D eigenvalue weighted by Gasteiger charge is 2.16. The summed E-state index contributed by atoms with van der Waals surface area (Å²) in [6, 6.07) is 8.65. The van der Waals surface area contributed by atoms with Crippen LogP contribution in [0.3, 0.4) is 0 Å². The molecule has 1 aromatic carbocycles. The average molecular weight is 163 g/mol. The van der Waals surface area contributed by atoms with Crippen LogP contribution in [0.15, 0.2) is 24.3 Å². The quantitative estimate of drug-likeness (QED) is 0.679. The molecule has 0 amide bonds. The highest BCUT2D eigenvalue weighted by atomic mass is 16.7. The molecular weight excluding hydrogens is 150 g/mol. The Kier molecular flexibility index (Phi) is 2.11. The van der Waals surface area contributed by atoms with Crippen LogP contribution in [0.1, 0.15) is 17.0 Å². The summed E-state index contributed by atoms with van der Waals surface area (Å²) in [4.78, 5) is 5.09. The van der Waals surface area contributed by atoms with Crippen LogP contribution in [-0.2, 0) is 4.84 Å². The Morgan fingerprint density at radius 2 is 2.08 bits per heavy atom. The van der Waals surface area contributed by atoms with Crippen molar-refractivity contribution in [3.05, 3.63) is 35.4 Å². The van der Waals surface area contributed by atoms with Crippen molar-refractivity contribution in [2.75, 3.05) is 13.2 Å². The molecule has 0 saturated carbocycles. The summed E-state index contributed by atoms with van der Waals surface area (Å²) < 4.78 is 0. The predicted molar refractivity (Wildman–Crippen MR) is 47.9 cm³/mol. The predicted octanol–water partition coefficient (Wildman–Crippen LogP) is 1.61. The molecule has 0 radical (unpaired) electrons. The normalized spacial score (nSPS) is 22.9. The van der Waals surface area contributed by atoms with Gasteiger partial charge in [0.25, 0.3) is 0 Å². The van der Waals surface area contributed by atoms with Crippen LogP contribution in [0.5, 0.6) is 0 Å². The molecule has 1 aromatic rings. The maximum Gasteiger partial charge on any atom is 0.0763 e. The van der Waals surface area contributed by atoms with E-state index in [2.05, 4.69) is 36.7 Å². The number of rotatable bonds is 1. The fourth-order valence-corrected chi connectivity index (χ4v) is 1.43. The maximum atomic E-state index is 5.09. The first-order valence-electron chi connectivity index (χ1n) is 4.27. The van der Waals surface area contributed by atoms with Crippen molar-refractivity contribution < 1.29 is 4.84 Å². The van der Waals surface area contributed by atoms with Gasteiger partial charge in [-0.3, -0.25) is 0 Å². The summed E-state index contributed by atoms with van der Waals surface area (Å²) in [5.74, 6) is 0.533. The minimum Gasteiger partial charge on any atom is -0.301 e. The summed E-state index contributed by atoms with van der Waals surface area (Å²) in [5.41, 5.74) is 5.56. The zero-order valence-electron chi connectivity index (χ0n) is 7.21. The number of hydrogen-bond acceptors (Lipinski definition) is 2. The molecule has 0 aliphatic carbocycles. The van der Waals surface area contributed by atoms with Crippen molar-refractivity contribution in [2.45, 2.75) is 12.8 Å². The zero-order valence-corrected chi connectivity index (χ0v) is 7.21. The highest BCUT2D eigenvalue weighted by molar-refractivity contribution is 5.25. The molecule has 1 atom stereocenters. The standard InChI is InChI=1S/C10H13NO/c1-8-2-4-9(5-3-8)10-6-11-12-7-10/h2-5,10-11H,6-7H2,1H3. The molecule has 0 spiro atoms. The Morgan fingerprint density at radius 1 is 1.33 bits per heavy atom. The first kappa shape index (κ1) is 7.77. The van der Waals surface area contributed by atoms with Gasteiger partial charge in [-0.1, -0.05) is 29.8 Å². The van der Waals surface area contributed by atoms with Gasteiger partial charge in [0.2, 0.25) is 0 Å². The summed E-state index contributed by atoms with van der Waals surface area (Å²) in [5, 5.41) is 0. The number of aryl methyl sites for hydroxylation is 1. The molecule has 1 aliphatic heterocycles. The Morgan fingerprint density at radius 3 is 2.67 bits per heavy atom. The lowest BCUT2D eigenvalue weighted by Gasteiger charge is -2.06. The van der Waals surface area contributed by atoms with Crippen LogP contribution in [0.4, 0.5) is 0 Å². The number of nitrogens with one attached hydrogen (secondary N) is 1. The van der Waals surface area contributed by atoms with Crippen molar-refractivity contribution in [2.24, 2.45) is 0 Å². The van der Waals surface area contributed by atoms with Gasteiger partial charge in [-0.2, -0.15) is 0 Å². The van der Waals surface area contributed by atoms with Gasteiger partial charge >= 0.3 is 0 Å². The summed E-state index contributed by atoms with van der Waals surface area (Å²) in [6.07, 6.45) is 0. The molecule has 1 fully saturated rings. The summed E-state index contributed by atoms with van der Waals surface area (Å²) >= 11 is 0. The Labute approximate surface area is 72.5 Å². The largest absolute Gasteiger partial charge is 0.301 e. The van der Waals surface area contributed by atoms with Crippen LogP contribution < -0.4 is 5.48 Å². The van der Waals surface area contributed by atoms with Gasteiger partial charge in [-0.25, -0.2) is 5.48 Å². The molecule has 0 bridgehead atoms. The van der Waals surface area contributed by atoms with E-state index in [0.29, 0.717) is 5.92 Å². The van der Waals surface area contributed by atoms with E-state index in [1.165, 1.54) is 11.1 Å². The lowest BCUT2D eigenvalue weighted by molar-refractivity contribution is 0.101. The van der Waals surface area contributed by atoms with Crippen molar-refractivity contribution in [1.82, 2.24) is 5.48 Å². The van der Waals surface area contributed by atoms with Crippen molar-refractivity contribution in [1.29, 1.82) is 0 Å². The molecule has 2 heteroatoms. The van der Waals surface area contributed by atoms with Crippen LogP contribution in [0, 0.1) is 6.92 Å². The van der Waals surface area contributed by atoms with Crippen LogP contribution in [0.25, 0.3) is 0 Å². The summed E-state index contributed by atoms with van der Waals surface area (Å²) in [7, 11) is 0. The molecular formula is C10H13NO. The molecule has 12 heavy (non-hydrogen) atoms. The molecule has 1 unspecified atom stereocenters. The lowest BCUT2D eigenvalue weighted by atomic mass is 10.00. The number of benzene rings is 1. The van der Waals surface area contributed by atoms with E-state index in [1.807, 2.05) is 0 Å². The fourth-order valence-electron chi connectivity index (χ4n) is 1.43. The van der Waals surface area contributed by atoms with E-state index < -0.39 is 0 Å². The SMILES string of the molecule is Cc1ccc(C2CNOC2)cc1. The van der Waals surface area contributed by atoms with Crippen LogP contribution in [0.2, 0.25) is 0 Å². The number of hydrogen-bond donors (Lipinski definition) is 1. The third-order valence-electron chi connectivity index (χ3n) is 2.27. The van der Waals surface area contributed by atoms with Crippen LogP contribution in [-0.4, -0.2) is 13.2 Å².